The Bertz CT molecular complexity index is 951. The number of amides is 1. The summed E-state index contributed by atoms with van der Waals surface area (Å²) in [6.45, 7) is 6.78. The molecule has 5 N–H and O–H groups in total. The van der Waals surface area contributed by atoms with Crippen LogP contribution in [0, 0.1) is 5.92 Å². The van der Waals surface area contributed by atoms with Crippen molar-refractivity contribution in [1.82, 2.24) is 4.90 Å². The van der Waals surface area contributed by atoms with E-state index in [1.165, 1.54) is 0 Å². The molecular weight excluding hydrogens is 380 g/mol. The largest absolute Gasteiger partial charge is 0.493 e. The second-order valence-electron chi connectivity index (χ2n) is 7.84. The van der Waals surface area contributed by atoms with E-state index in [0.29, 0.717) is 36.9 Å². The van der Waals surface area contributed by atoms with Crippen LogP contribution in [0.3, 0.4) is 0 Å². The number of rotatable bonds is 5. The number of nitrogens with one attached hydrogen (secondary N) is 1. The Labute approximate surface area is 176 Å². The number of carbonyl (C=O) groups excluding carboxylic acids is 1. The van der Waals surface area contributed by atoms with E-state index in [9.17, 15) is 4.79 Å². The number of piperidine rings is 1. The van der Waals surface area contributed by atoms with E-state index < -0.39 is 0 Å². The van der Waals surface area contributed by atoms with Crippen LogP contribution in [0.5, 0.6) is 11.5 Å². The molecule has 0 unspecified atom stereocenters. The van der Waals surface area contributed by atoms with Gasteiger partial charge in [0.2, 0.25) is 0 Å². The van der Waals surface area contributed by atoms with E-state index in [-0.39, 0.29) is 5.91 Å². The SMILES string of the molecule is C=C1COc2ccc(C(=O)N3CCC(COc4ccc(N)c(CN)c4)CC3)cc2N1. The van der Waals surface area contributed by atoms with Gasteiger partial charge in [-0.3, -0.25) is 4.79 Å². The third-order valence-corrected chi connectivity index (χ3v) is 5.66. The lowest BCUT2D eigenvalue weighted by atomic mass is 9.97. The van der Waals surface area contributed by atoms with Crippen molar-refractivity contribution in [2.45, 2.75) is 19.4 Å². The lowest BCUT2D eigenvalue weighted by molar-refractivity contribution is 0.0661. The predicted octanol–water partition coefficient (Wildman–Crippen LogP) is 2.98. The molecule has 2 aliphatic rings. The molecular formula is C23H28N4O3. The van der Waals surface area contributed by atoms with E-state index in [0.717, 1.165) is 54.4 Å². The number of likely N-dealkylation sites (tertiary alicyclic amines) is 1. The van der Waals surface area contributed by atoms with Crippen LogP contribution in [0.1, 0.15) is 28.8 Å². The third kappa shape index (κ3) is 4.36. The molecule has 1 fully saturated rings. The minimum Gasteiger partial charge on any atom is -0.493 e. The molecule has 0 aliphatic carbocycles. The summed E-state index contributed by atoms with van der Waals surface area (Å²) in [5.41, 5.74) is 15.4. The van der Waals surface area contributed by atoms with Crippen molar-refractivity contribution >= 4 is 17.3 Å². The normalized spacial score (nSPS) is 16.4. The number of benzene rings is 2. The molecule has 0 spiro atoms. The van der Waals surface area contributed by atoms with Crippen LogP contribution in [-0.2, 0) is 6.54 Å². The van der Waals surface area contributed by atoms with Crippen molar-refractivity contribution in [3.63, 3.8) is 0 Å². The highest BCUT2D eigenvalue weighted by molar-refractivity contribution is 5.96. The number of hydrogen-bond donors (Lipinski definition) is 3. The Balaban J connectivity index is 1.30. The Morgan fingerprint density at radius 2 is 2.03 bits per heavy atom. The van der Waals surface area contributed by atoms with E-state index >= 15 is 0 Å². The molecule has 2 heterocycles. The average Bonchev–Trinajstić information content (AvgIpc) is 2.78. The van der Waals surface area contributed by atoms with E-state index in [1.807, 2.05) is 41.3 Å². The van der Waals surface area contributed by atoms with Crippen molar-refractivity contribution in [3.05, 3.63) is 59.8 Å². The fraction of sp³-hybridized carbons (Fsp3) is 0.348. The van der Waals surface area contributed by atoms with E-state index in [4.69, 9.17) is 20.9 Å². The fourth-order valence-electron chi connectivity index (χ4n) is 3.83. The van der Waals surface area contributed by atoms with Gasteiger partial charge in [-0.2, -0.15) is 0 Å². The highest BCUT2D eigenvalue weighted by atomic mass is 16.5. The van der Waals surface area contributed by atoms with Crippen LogP contribution in [-0.4, -0.2) is 37.1 Å². The molecule has 0 atom stereocenters. The molecule has 0 aromatic heterocycles. The molecule has 7 nitrogen and oxygen atoms in total. The van der Waals surface area contributed by atoms with Crippen LogP contribution in [0.4, 0.5) is 11.4 Å². The van der Waals surface area contributed by atoms with Gasteiger partial charge in [0.1, 0.15) is 18.1 Å². The Kier molecular flexibility index (Phi) is 5.81. The fourth-order valence-corrected chi connectivity index (χ4v) is 3.83. The summed E-state index contributed by atoms with van der Waals surface area (Å²) >= 11 is 0. The van der Waals surface area contributed by atoms with Gasteiger partial charge in [0.05, 0.1) is 12.3 Å². The van der Waals surface area contributed by atoms with Gasteiger partial charge in [-0.05, 0) is 60.7 Å². The topological polar surface area (TPSA) is 103 Å². The monoisotopic (exact) mass is 408 g/mol. The average molecular weight is 409 g/mol. The van der Waals surface area contributed by atoms with Crippen molar-refractivity contribution in [3.8, 4) is 11.5 Å². The van der Waals surface area contributed by atoms with Gasteiger partial charge in [0.25, 0.3) is 5.91 Å². The Morgan fingerprint density at radius 1 is 1.23 bits per heavy atom. The predicted molar refractivity (Wildman–Crippen MR) is 118 cm³/mol. The zero-order chi connectivity index (χ0) is 21.1. The van der Waals surface area contributed by atoms with Gasteiger partial charge in [0.15, 0.2) is 0 Å². The minimum atomic E-state index is 0.0428. The summed E-state index contributed by atoms with van der Waals surface area (Å²) in [5.74, 6) is 1.99. The summed E-state index contributed by atoms with van der Waals surface area (Å²) < 4.78 is 11.6. The van der Waals surface area contributed by atoms with Gasteiger partial charge in [0, 0.05) is 36.6 Å². The van der Waals surface area contributed by atoms with Gasteiger partial charge >= 0.3 is 0 Å². The number of fused-ring (bicyclic) bond motifs is 1. The molecule has 2 aromatic rings. The first-order chi connectivity index (χ1) is 14.5. The molecule has 1 amide bonds. The summed E-state index contributed by atoms with van der Waals surface area (Å²) in [4.78, 5) is 14.8. The van der Waals surface area contributed by atoms with Gasteiger partial charge in [-0.25, -0.2) is 0 Å². The highest BCUT2D eigenvalue weighted by Gasteiger charge is 2.25. The second kappa shape index (κ2) is 8.67. The minimum absolute atomic E-state index is 0.0428. The molecule has 4 rings (SSSR count). The maximum atomic E-state index is 12.9. The van der Waals surface area contributed by atoms with Crippen molar-refractivity contribution in [1.29, 1.82) is 0 Å². The van der Waals surface area contributed by atoms with Gasteiger partial charge in [-0.15, -0.1) is 0 Å². The van der Waals surface area contributed by atoms with Crippen LogP contribution < -0.4 is 26.3 Å². The molecule has 7 heteroatoms. The zero-order valence-electron chi connectivity index (χ0n) is 17.0. The van der Waals surface area contributed by atoms with Crippen molar-refractivity contribution < 1.29 is 14.3 Å². The first-order valence-electron chi connectivity index (χ1n) is 10.3. The summed E-state index contributed by atoms with van der Waals surface area (Å²) in [6, 6.07) is 11.1. The maximum Gasteiger partial charge on any atom is 0.253 e. The Morgan fingerprint density at radius 3 is 2.80 bits per heavy atom. The van der Waals surface area contributed by atoms with Crippen molar-refractivity contribution in [2.75, 3.05) is 37.4 Å². The third-order valence-electron chi connectivity index (χ3n) is 5.66. The lowest BCUT2D eigenvalue weighted by Crippen LogP contribution is -2.39. The molecule has 2 aromatic carbocycles. The smallest absolute Gasteiger partial charge is 0.253 e. The summed E-state index contributed by atoms with van der Waals surface area (Å²) in [7, 11) is 0. The van der Waals surface area contributed by atoms with Gasteiger partial charge < -0.3 is 31.2 Å². The van der Waals surface area contributed by atoms with Crippen LogP contribution >= 0.6 is 0 Å². The number of ether oxygens (including phenoxy) is 2. The molecule has 0 saturated carbocycles. The standard InChI is InChI=1S/C23H28N4O3/c1-15-13-30-22-5-2-17(11-21(22)26-15)23(28)27-8-6-16(7-9-27)14-29-19-3-4-20(25)18(10-19)12-24/h2-5,10-11,16,26H,1,6-9,12-14,24-25H2. The Hall–Kier alpha value is -3.19. The van der Waals surface area contributed by atoms with E-state index in [2.05, 4.69) is 11.9 Å². The van der Waals surface area contributed by atoms with Crippen molar-refractivity contribution in [2.24, 2.45) is 11.7 Å². The van der Waals surface area contributed by atoms with Crippen LogP contribution in [0.25, 0.3) is 0 Å². The molecule has 0 radical (unpaired) electrons. The second-order valence-corrected chi connectivity index (χ2v) is 7.84. The first kappa shape index (κ1) is 20.1. The summed E-state index contributed by atoms with van der Waals surface area (Å²) in [5, 5.41) is 3.19. The molecule has 1 saturated heterocycles. The molecule has 0 bridgehead atoms. The quantitative estimate of drug-likeness (QED) is 0.658. The molecule has 2 aliphatic heterocycles. The molecule has 158 valence electrons. The van der Waals surface area contributed by atoms with Gasteiger partial charge in [-0.1, -0.05) is 6.58 Å². The zero-order valence-corrected chi connectivity index (χ0v) is 17.0. The number of nitrogens with two attached hydrogens (primary N) is 2. The number of anilines is 2. The van der Waals surface area contributed by atoms with Crippen LogP contribution in [0.15, 0.2) is 48.7 Å². The summed E-state index contributed by atoms with van der Waals surface area (Å²) in [6.07, 6.45) is 1.82. The van der Waals surface area contributed by atoms with E-state index in [1.54, 1.807) is 0 Å². The first-order valence-corrected chi connectivity index (χ1v) is 10.3. The number of hydrogen-bond acceptors (Lipinski definition) is 6. The number of nitrogens with zero attached hydrogens (tertiary/aromatic N) is 1. The highest BCUT2D eigenvalue weighted by Crippen LogP contribution is 2.31. The maximum absolute atomic E-state index is 12.9. The molecule has 30 heavy (non-hydrogen) atoms. The number of nitrogen functional groups attached to an aromatic ring is 1. The lowest BCUT2D eigenvalue weighted by Gasteiger charge is -2.32. The number of carbonyl (C=O) groups is 1. The van der Waals surface area contributed by atoms with Crippen LogP contribution in [0.2, 0.25) is 0 Å².